The molecular weight excluding hydrogens is 572 g/mol. The van der Waals surface area contributed by atoms with Gasteiger partial charge in [0.2, 0.25) is 5.91 Å². The second-order valence-corrected chi connectivity index (χ2v) is 10.8. The number of thiophene rings is 1. The molecule has 3 heterocycles. The van der Waals surface area contributed by atoms with E-state index in [0.717, 1.165) is 41.5 Å². The number of non-ortho nitro benzene ring substituents is 1. The number of amides is 2. The zero-order valence-electron chi connectivity index (χ0n) is 21.7. The van der Waals surface area contributed by atoms with Crippen molar-refractivity contribution in [2.45, 2.75) is 37.9 Å². The number of aryl methyl sites for hydroxylation is 1. The summed E-state index contributed by atoms with van der Waals surface area (Å²) in [7, 11) is 0. The van der Waals surface area contributed by atoms with Gasteiger partial charge >= 0.3 is 5.97 Å². The Labute approximate surface area is 241 Å². The van der Waals surface area contributed by atoms with Gasteiger partial charge in [0.15, 0.2) is 16.7 Å². The molecule has 2 amide bonds. The summed E-state index contributed by atoms with van der Waals surface area (Å²) in [5.74, 6) is -0.864. The van der Waals surface area contributed by atoms with Gasteiger partial charge in [-0.1, -0.05) is 11.8 Å². The summed E-state index contributed by atoms with van der Waals surface area (Å²) >= 11 is 2.48. The molecule has 5 rings (SSSR count). The van der Waals surface area contributed by atoms with E-state index < -0.39 is 16.8 Å². The number of fused-ring (bicyclic) bond motifs is 1. The SMILES string of the molecule is CCOC(=O)c1c(NC(=O)CSc2nnc(CNC(=O)c3ccco3)n2-c2ccc([N+](=O)[O-])cc2)sc2c1CCC2. The highest BCUT2D eigenvalue weighted by Crippen LogP contribution is 2.39. The Kier molecular flexibility index (Phi) is 8.45. The second-order valence-electron chi connectivity index (χ2n) is 8.79. The molecule has 15 heteroatoms. The van der Waals surface area contributed by atoms with E-state index in [1.807, 2.05) is 0 Å². The smallest absolute Gasteiger partial charge is 0.341 e. The largest absolute Gasteiger partial charge is 0.462 e. The lowest BCUT2D eigenvalue weighted by atomic mass is 10.1. The fourth-order valence-corrected chi connectivity index (χ4v) is 6.41. The minimum Gasteiger partial charge on any atom is -0.462 e. The monoisotopic (exact) mass is 596 g/mol. The van der Waals surface area contributed by atoms with Crippen LogP contribution in [0.2, 0.25) is 0 Å². The normalized spacial score (nSPS) is 12.1. The maximum Gasteiger partial charge on any atom is 0.341 e. The van der Waals surface area contributed by atoms with E-state index >= 15 is 0 Å². The van der Waals surface area contributed by atoms with Crippen molar-refractivity contribution in [3.63, 3.8) is 0 Å². The van der Waals surface area contributed by atoms with E-state index in [0.29, 0.717) is 27.2 Å². The lowest BCUT2D eigenvalue weighted by molar-refractivity contribution is -0.384. The zero-order chi connectivity index (χ0) is 28.9. The van der Waals surface area contributed by atoms with Crippen LogP contribution in [0, 0.1) is 10.1 Å². The van der Waals surface area contributed by atoms with Gasteiger partial charge in [0.25, 0.3) is 11.6 Å². The van der Waals surface area contributed by atoms with Crippen molar-refractivity contribution < 1.29 is 28.5 Å². The number of hydrogen-bond acceptors (Lipinski definition) is 11. The topological polar surface area (TPSA) is 171 Å². The van der Waals surface area contributed by atoms with E-state index in [4.69, 9.17) is 9.15 Å². The molecule has 0 radical (unpaired) electrons. The second kappa shape index (κ2) is 12.3. The number of thioether (sulfide) groups is 1. The summed E-state index contributed by atoms with van der Waals surface area (Å²) in [5, 5.41) is 25.9. The summed E-state index contributed by atoms with van der Waals surface area (Å²) < 4.78 is 11.9. The molecule has 41 heavy (non-hydrogen) atoms. The van der Waals surface area contributed by atoms with Crippen molar-refractivity contribution in [3.8, 4) is 5.69 Å². The van der Waals surface area contributed by atoms with Crippen molar-refractivity contribution in [1.82, 2.24) is 20.1 Å². The van der Waals surface area contributed by atoms with Crippen LogP contribution in [0.25, 0.3) is 5.69 Å². The molecule has 0 spiro atoms. The third-order valence-electron chi connectivity index (χ3n) is 6.16. The number of hydrogen-bond donors (Lipinski definition) is 2. The number of benzene rings is 1. The number of nitrogens with zero attached hydrogens (tertiary/aromatic N) is 4. The number of anilines is 1. The Morgan fingerprint density at radius 1 is 1.20 bits per heavy atom. The number of nitro groups is 1. The molecule has 1 aliphatic carbocycles. The fraction of sp³-hybridized carbons (Fsp3) is 0.269. The predicted octanol–water partition coefficient (Wildman–Crippen LogP) is 4.16. The zero-order valence-corrected chi connectivity index (χ0v) is 23.4. The summed E-state index contributed by atoms with van der Waals surface area (Å²) in [5.41, 5.74) is 1.77. The number of carbonyl (C=O) groups excluding carboxylic acids is 3. The van der Waals surface area contributed by atoms with Crippen LogP contribution in [0.5, 0.6) is 0 Å². The van der Waals surface area contributed by atoms with Crippen molar-refractivity contribution in [2.75, 3.05) is 17.7 Å². The van der Waals surface area contributed by atoms with E-state index in [2.05, 4.69) is 20.8 Å². The van der Waals surface area contributed by atoms with E-state index in [1.165, 1.54) is 47.9 Å². The lowest BCUT2D eigenvalue weighted by Gasteiger charge is -2.11. The van der Waals surface area contributed by atoms with Crippen LogP contribution in [0.1, 0.15) is 50.5 Å². The van der Waals surface area contributed by atoms with Gasteiger partial charge in [0.1, 0.15) is 5.00 Å². The standard InChI is InChI=1S/C26H24N6O7S2/c1-2-38-25(35)22-17-5-3-7-19(17)41-24(22)28-21(33)14-40-26-30-29-20(13-27-23(34)18-6-4-12-39-18)31(26)15-8-10-16(11-9-15)32(36)37/h4,6,8-12H,2-3,5,7,13-14H2,1H3,(H,27,34)(H,28,33). The summed E-state index contributed by atoms with van der Waals surface area (Å²) in [6.07, 6.45) is 3.96. The molecule has 13 nitrogen and oxygen atoms in total. The number of esters is 1. The molecule has 1 aliphatic rings. The fourth-order valence-electron chi connectivity index (χ4n) is 4.35. The lowest BCUT2D eigenvalue weighted by Crippen LogP contribution is -2.24. The molecule has 0 saturated carbocycles. The molecule has 0 unspecified atom stereocenters. The minimum atomic E-state index is -0.508. The number of ether oxygens (including phenoxy) is 1. The summed E-state index contributed by atoms with van der Waals surface area (Å²) in [6.45, 7) is 1.94. The first-order valence-electron chi connectivity index (χ1n) is 12.6. The van der Waals surface area contributed by atoms with Gasteiger partial charge in [-0.15, -0.1) is 21.5 Å². The van der Waals surface area contributed by atoms with Crippen LogP contribution in [0.15, 0.2) is 52.2 Å². The van der Waals surface area contributed by atoms with Crippen molar-refractivity contribution >= 4 is 51.6 Å². The van der Waals surface area contributed by atoms with Gasteiger partial charge in [0, 0.05) is 22.7 Å². The molecule has 0 atom stereocenters. The molecule has 0 aliphatic heterocycles. The number of nitro benzene ring substituents is 1. The van der Waals surface area contributed by atoms with Gasteiger partial charge in [-0.05, 0) is 56.0 Å². The van der Waals surface area contributed by atoms with E-state index in [1.54, 1.807) is 17.6 Å². The molecular formula is C26H24N6O7S2. The van der Waals surface area contributed by atoms with Gasteiger partial charge in [0.05, 0.1) is 35.7 Å². The average Bonchev–Trinajstić information content (AvgIpc) is 3.75. The average molecular weight is 597 g/mol. The van der Waals surface area contributed by atoms with Gasteiger partial charge < -0.3 is 19.8 Å². The van der Waals surface area contributed by atoms with E-state index in [-0.39, 0.29) is 36.3 Å². The molecule has 0 bridgehead atoms. The highest BCUT2D eigenvalue weighted by molar-refractivity contribution is 7.99. The number of furan rings is 1. The van der Waals surface area contributed by atoms with Crippen LogP contribution in [0.4, 0.5) is 10.7 Å². The first-order chi connectivity index (χ1) is 19.9. The third-order valence-corrected chi connectivity index (χ3v) is 8.29. The predicted molar refractivity (Wildman–Crippen MR) is 150 cm³/mol. The number of nitrogens with one attached hydrogen (secondary N) is 2. The maximum absolute atomic E-state index is 13.0. The van der Waals surface area contributed by atoms with Crippen LogP contribution < -0.4 is 10.6 Å². The minimum absolute atomic E-state index is 0.0279. The molecule has 0 saturated heterocycles. The third kappa shape index (κ3) is 6.15. The van der Waals surface area contributed by atoms with Gasteiger partial charge in [-0.25, -0.2) is 4.79 Å². The van der Waals surface area contributed by atoms with Gasteiger partial charge in [-0.2, -0.15) is 0 Å². The number of rotatable bonds is 11. The van der Waals surface area contributed by atoms with Crippen LogP contribution in [0.3, 0.4) is 0 Å². The quantitative estimate of drug-likeness (QED) is 0.111. The first-order valence-corrected chi connectivity index (χ1v) is 14.4. The van der Waals surface area contributed by atoms with Gasteiger partial charge in [-0.3, -0.25) is 24.3 Å². The van der Waals surface area contributed by atoms with Crippen molar-refractivity contribution in [2.24, 2.45) is 0 Å². The van der Waals surface area contributed by atoms with Crippen molar-refractivity contribution in [1.29, 1.82) is 0 Å². The Bertz CT molecular complexity index is 1590. The Balaban J connectivity index is 1.34. The summed E-state index contributed by atoms with van der Waals surface area (Å²) in [6, 6.07) is 8.85. The molecule has 212 valence electrons. The highest BCUT2D eigenvalue weighted by atomic mass is 32.2. The molecule has 0 fully saturated rings. The van der Waals surface area contributed by atoms with Crippen LogP contribution in [-0.4, -0.2) is 49.8 Å². The maximum atomic E-state index is 13.0. The van der Waals surface area contributed by atoms with Crippen LogP contribution in [-0.2, 0) is 28.9 Å². The molecule has 4 aromatic rings. The Morgan fingerprint density at radius 3 is 2.71 bits per heavy atom. The number of carbonyl (C=O) groups is 3. The molecule has 3 aromatic heterocycles. The molecule has 2 N–H and O–H groups in total. The van der Waals surface area contributed by atoms with E-state index in [9.17, 15) is 24.5 Å². The van der Waals surface area contributed by atoms with Crippen molar-refractivity contribution in [3.05, 3.63) is 80.4 Å². The Hall–Kier alpha value is -4.50. The number of aromatic nitrogens is 3. The Morgan fingerprint density at radius 2 is 2.00 bits per heavy atom. The highest BCUT2D eigenvalue weighted by Gasteiger charge is 2.28. The van der Waals surface area contributed by atoms with Crippen LogP contribution >= 0.6 is 23.1 Å². The molecule has 1 aromatic carbocycles. The first kappa shape index (κ1) is 28.0. The summed E-state index contributed by atoms with van der Waals surface area (Å²) in [4.78, 5) is 49.7.